The Kier molecular flexibility index (Phi) is 6.21. The molecule has 8 heteroatoms. The van der Waals surface area contributed by atoms with Crippen molar-refractivity contribution in [1.82, 2.24) is 14.9 Å². The number of nitrogens with one attached hydrogen (secondary N) is 1. The maximum absolute atomic E-state index is 12.6. The van der Waals surface area contributed by atoms with Gasteiger partial charge in [-0.3, -0.25) is 14.2 Å². The number of carbonyl (C=O) groups excluding carboxylic acids is 1. The first-order chi connectivity index (χ1) is 13.9. The van der Waals surface area contributed by atoms with Crippen LogP contribution in [0.1, 0.15) is 30.2 Å². The van der Waals surface area contributed by atoms with Gasteiger partial charge >= 0.3 is 0 Å². The van der Waals surface area contributed by atoms with Crippen LogP contribution in [-0.2, 0) is 17.9 Å². The molecule has 1 amide bonds. The van der Waals surface area contributed by atoms with Gasteiger partial charge in [0.15, 0.2) is 11.5 Å². The van der Waals surface area contributed by atoms with Gasteiger partial charge in [0.1, 0.15) is 17.5 Å². The van der Waals surface area contributed by atoms with Gasteiger partial charge in [0.25, 0.3) is 5.56 Å². The second-order valence-electron chi connectivity index (χ2n) is 6.65. The standard InChI is InChI=1S/C21H25N3O5/c1-5-28-16-7-6-15(10-17(16)27-4)11-22-18(25)8-9-24-12-23-20-19(21(24)26)13(2)14(3)29-20/h6-7,10,12H,5,8-9,11H2,1-4H3,(H,22,25). The monoisotopic (exact) mass is 399 g/mol. The molecule has 0 saturated heterocycles. The van der Waals surface area contributed by atoms with Crippen molar-refractivity contribution in [2.75, 3.05) is 13.7 Å². The summed E-state index contributed by atoms with van der Waals surface area (Å²) in [6, 6.07) is 5.53. The summed E-state index contributed by atoms with van der Waals surface area (Å²) in [5.41, 5.74) is 1.80. The molecule has 0 fully saturated rings. The number of aromatic nitrogens is 2. The molecule has 0 aliphatic rings. The van der Waals surface area contributed by atoms with Gasteiger partial charge in [-0.1, -0.05) is 6.07 Å². The highest BCUT2D eigenvalue weighted by molar-refractivity contribution is 5.78. The van der Waals surface area contributed by atoms with E-state index in [1.807, 2.05) is 32.0 Å². The molecular formula is C21H25N3O5. The molecule has 0 radical (unpaired) electrons. The summed E-state index contributed by atoms with van der Waals surface area (Å²) in [5.74, 6) is 1.79. The lowest BCUT2D eigenvalue weighted by atomic mass is 10.2. The van der Waals surface area contributed by atoms with E-state index in [4.69, 9.17) is 13.9 Å². The first kappa shape index (κ1) is 20.4. The van der Waals surface area contributed by atoms with Crippen LogP contribution < -0.4 is 20.3 Å². The molecule has 2 aromatic heterocycles. The Morgan fingerprint density at radius 2 is 2.07 bits per heavy atom. The SMILES string of the molecule is CCOc1ccc(CNC(=O)CCn2cnc3oc(C)c(C)c3c2=O)cc1OC. The Morgan fingerprint density at radius 1 is 1.28 bits per heavy atom. The first-order valence-corrected chi connectivity index (χ1v) is 9.46. The van der Waals surface area contributed by atoms with Crippen molar-refractivity contribution in [3.63, 3.8) is 0 Å². The molecule has 0 saturated carbocycles. The number of rotatable bonds is 8. The number of nitrogens with zero attached hydrogens (tertiary/aromatic N) is 2. The van der Waals surface area contributed by atoms with Crippen LogP contribution in [0.4, 0.5) is 0 Å². The lowest BCUT2D eigenvalue weighted by molar-refractivity contribution is -0.121. The number of ether oxygens (including phenoxy) is 2. The molecule has 0 spiro atoms. The van der Waals surface area contributed by atoms with Crippen LogP contribution in [0, 0.1) is 13.8 Å². The van der Waals surface area contributed by atoms with E-state index in [-0.39, 0.29) is 24.4 Å². The zero-order valence-corrected chi connectivity index (χ0v) is 17.1. The van der Waals surface area contributed by atoms with Crippen molar-refractivity contribution in [3.8, 4) is 11.5 Å². The predicted octanol–water partition coefficient (Wildman–Crippen LogP) is 2.72. The number of benzene rings is 1. The Labute approximate surface area is 168 Å². The zero-order valence-electron chi connectivity index (χ0n) is 17.1. The summed E-state index contributed by atoms with van der Waals surface area (Å²) in [5, 5.41) is 3.32. The van der Waals surface area contributed by atoms with Crippen LogP contribution in [0.15, 0.2) is 33.7 Å². The minimum atomic E-state index is -0.201. The maximum atomic E-state index is 12.6. The molecule has 0 bridgehead atoms. The summed E-state index contributed by atoms with van der Waals surface area (Å²) in [4.78, 5) is 29.0. The molecular weight excluding hydrogens is 374 g/mol. The molecule has 3 rings (SSSR count). The van der Waals surface area contributed by atoms with Crippen LogP contribution in [0.5, 0.6) is 11.5 Å². The van der Waals surface area contributed by atoms with Crippen LogP contribution in [-0.4, -0.2) is 29.2 Å². The fraction of sp³-hybridized carbons (Fsp3) is 0.381. The Balaban J connectivity index is 1.61. The number of furan rings is 1. The van der Waals surface area contributed by atoms with Gasteiger partial charge in [0, 0.05) is 25.1 Å². The summed E-state index contributed by atoms with van der Waals surface area (Å²) < 4.78 is 17.7. The third-order valence-corrected chi connectivity index (χ3v) is 4.75. The van der Waals surface area contributed by atoms with Crippen molar-refractivity contribution in [3.05, 3.63) is 51.8 Å². The van der Waals surface area contributed by atoms with E-state index < -0.39 is 0 Å². The number of aryl methyl sites for hydroxylation is 3. The van der Waals surface area contributed by atoms with E-state index in [1.54, 1.807) is 14.0 Å². The number of fused-ring (bicyclic) bond motifs is 1. The van der Waals surface area contributed by atoms with E-state index in [0.29, 0.717) is 41.5 Å². The second-order valence-corrected chi connectivity index (χ2v) is 6.65. The molecule has 2 heterocycles. The van der Waals surface area contributed by atoms with E-state index >= 15 is 0 Å². The maximum Gasteiger partial charge on any atom is 0.264 e. The average molecular weight is 399 g/mol. The fourth-order valence-corrected chi connectivity index (χ4v) is 3.04. The molecule has 29 heavy (non-hydrogen) atoms. The number of hydrogen-bond donors (Lipinski definition) is 1. The minimum absolute atomic E-state index is 0.162. The molecule has 1 aromatic carbocycles. The number of methoxy groups -OCH3 is 1. The van der Waals surface area contributed by atoms with Crippen LogP contribution >= 0.6 is 0 Å². The van der Waals surface area contributed by atoms with Gasteiger partial charge in [-0.05, 0) is 38.5 Å². The van der Waals surface area contributed by atoms with Crippen LogP contribution in [0.3, 0.4) is 0 Å². The molecule has 3 aromatic rings. The van der Waals surface area contributed by atoms with Gasteiger partial charge in [0.05, 0.1) is 13.7 Å². The minimum Gasteiger partial charge on any atom is -0.493 e. The lowest BCUT2D eigenvalue weighted by Gasteiger charge is -2.12. The zero-order chi connectivity index (χ0) is 21.0. The van der Waals surface area contributed by atoms with Gasteiger partial charge in [-0.2, -0.15) is 0 Å². The second kappa shape index (κ2) is 8.81. The number of hydrogen-bond acceptors (Lipinski definition) is 6. The lowest BCUT2D eigenvalue weighted by Crippen LogP contribution is -2.27. The van der Waals surface area contributed by atoms with Gasteiger partial charge in [-0.15, -0.1) is 0 Å². The highest BCUT2D eigenvalue weighted by atomic mass is 16.5. The molecule has 0 aliphatic carbocycles. The van der Waals surface area contributed by atoms with E-state index in [0.717, 1.165) is 11.1 Å². The number of amides is 1. The highest BCUT2D eigenvalue weighted by Gasteiger charge is 2.14. The van der Waals surface area contributed by atoms with Crippen LogP contribution in [0.2, 0.25) is 0 Å². The molecule has 0 unspecified atom stereocenters. The van der Waals surface area contributed by atoms with Crippen molar-refractivity contribution >= 4 is 17.0 Å². The van der Waals surface area contributed by atoms with Gasteiger partial charge in [-0.25, -0.2) is 4.98 Å². The van der Waals surface area contributed by atoms with Gasteiger partial charge < -0.3 is 19.2 Å². The predicted molar refractivity (Wildman–Crippen MR) is 108 cm³/mol. The summed E-state index contributed by atoms with van der Waals surface area (Å²) >= 11 is 0. The molecule has 1 N–H and O–H groups in total. The number of carbonyl (C=O) groups is 1. The highest BCUT2D eigenvalue weighted by Crippen LogP contribution is 2.28. The molecule has 0 aliphatic heterocycles. The van der Waals surface area contributed by atoms with E-state index in [9.17, 15) is 9.59 Å². The Bertz CT molecular complexity index is 1080. The summed E-state index contributed by atoms with van der Waals surface area (Å²) in [6.07, 6.45) is 1.58. The van der Waals surface area contributed by atoms with Crippen LogP contribution in [0.25, 0.3) is 11.1 Å². The third kappa shape index (κ3) is 4.42. The molecule has 8 nitrogen and oxygen atoms in total. The largest absolute Gasteiger partial charge is 0.493 e. The first-order valence-electron chi connectivity index (χ1n) is 9.46. The van der Waals surface area contributed by atoms with Crippen molar-refractivity contribution in [2.24, 2.45) is 0 Å². The van der Waals surface area contributed by atoms with Crippen molar-refractivity contribution in [1.29, 1.82) is 0 Å². The summed E-state index contributed by atoms with van der Waals surface area (Å²) in [7, 11) is 1.58. The molecule has 154 valence electrons. The van der Waals surface area contributed by atoms with Crippen molar-refractivity contribution in [2.45, 2.75) is 40.3 Å². The smallest absolute Gasteiger partial charge is 0.264 e. The van der Waals surface area contributed by atoms with E-state index in [2.05, 4.69) is 10.3 Å². The van der Waals surface area contributed by atoms with Crippen molar-refractivity contribution < 1.29 is 18.7 Å². The Hall–Kier alpha value is -3.29. The average Bonchev–Trinajstić information content (AvgIpc) is 3.01. The quantitative estimate of drug-likeness (QED) is 0.626. The summed E-state index contributed by atoms with van der Waals surface area (Å²) in [6.45, 7) is 6.67. The Morgan fingerprint density at radius 3 is 2.79 bits per heavy atom. The van der Waals surface area contributed by atoms with E-state index in [1.165, 1.54) is 10.9 Å². The van der Waals surface area contributed by atoms with Gasteiger partial charge in [0.2, 0.25) is 11.6 Å². The molecule has 0 atom stereocenters. The topological polar surface area (TPSA) is 95.6 Å². The normalized spacial score (nSPS) is 10.9. The fourth-order valence-electron chi connectivity index (χ4n) is 3.04. The third-order valence-electron chi connectivity index (χ3n) is 4.75.